The molecule has 6 heteroatoms. The summed E-state index contributed by atoms with van der Waals surface area (Å²) in [4.78, 5) is 19.7. The maximum atomic E-state index is 11.2. The molecule has 0 aliphatic rings. The topological polar surface area (TPSA) is 97.8 Å². The maximum absolute atomic E-state index is 11.2. The Morgan fingerprint density at radius 1 is 1.24 bits per heavy atom. The number of H-pyrrole nitrogens is 1. The molecule has 1 heterocycles. The summed E-state index contributed by atoms with van der Waals surface area (Å²) in [7, 11) is 0. The van der Waals surface area contributed by atoms with E-state index in [-0.39, 0.29) is 0 Å². The normalized spacial score (nSPS) is 10.9. The molecule has 0 bridgehead atoms. The lowest BCUT2D eigenvalue weighted by Gasteiger charge is -2.04. The number of amides is 1. The zero-order valence-electron chi connectivity index (χ0n) is 11.4. The average Bonchev–Trinajstić information content (AvgIpc) is 2.82. The Kier molecular flexibility index (Phi) is 3.31. The molecule has 0 unspecified atom stereocenters. The highest BCUT2D eigenvalue weighted by Crippen LogP contribution is 2.32. The first-order valence-corrected chi connectivity index (χ1v) is 7.18. The minimum atomic E-state index is -0.475. The molecule has 0 atom stereocenters. The molecule has 0 spiro atoms. The molecule has 0 fully saturated rings. The van der Waals surface area contributed by atoms with Crippen LogP contribution in [0.5, 0.6) is 0 Å². The van der Waals surface area contributed by atoms with Gasteiger partial charge in [0.15, 0.2) is 5.16 Å². The van der Waals surface area contributed by atoms with E-state index in [1.165, 1.54) is 11.8 Å². The number of aromatic amines is 1. The number of nitrogen functional groups attached to an aromatic ring is 1. The van der Waals surface area contributed by atoms with Crippen molar-refractivity contribution in [2.75, 3.05) is 5.73 Å². The van der Waals surface area contributed by atoms with E-state index in [9.17, 15) is 4.79 Å². The lowest BCUT2D eigenvalue weighted by molar-refractivity contribution is 0.1000. The van der Waals surface area contributed by atoms with Crippen LogP contribution in [0.15, 0.2) is 46.5 Å². The molecule has 0 saturated heterocycles. The third-order valence-electron chi connectivity index (χ3n) is 3.12. The van der Waals surface area contributed by atoms with Crippen molar-refractivity contribution >= 4 is 34.4 Å². The summed E-state index contributed by atoms with van der Waals surface area (Å²) in [5.74, 6) is -0.475. The van der Waals surface area contributed by atoms with Gasteiger partial charge in [-0.2, -0.15) is 0 Å². The van der Waals surface area contributed by atoms with E-state index in [4.69, 9.17) is 11.5 Å². The number of nitrogens with two attached hydrogens (primary N) is 2. The van der Waals surface area contributed by atoms with Crippen LogP contribution < -0.4 is 11.5 Å². The summed E-state index contributed by atoms with van der Waals surface area (Å²) in [6, 6.07) is 11.0. The number of hydrogen-bond acceptors (Lipinski definition) is 4. The Hall–Kier alpha value is -2.47. The number of primary amides is 1. The molecule has 106 valence electrons. The maximum Gasteiger partial charge on any atom is 0.248 e. The average molecular weight is 298 g/mol. The molecule has 0 saturated carbocycles. The number of fused-ring (bicyclic) bond motifs is 1. The summed E-state index contributed by atoms with van der Waals surface area (Å²) < 4.78 is 0. The number of carbonyl (C=O) groups is 1. The number of nitrogens with zero attached hydrogens (tertiary/aromatic N) is 1. The first kappa shape index (κ1) is 13.5. The number of nitrogens with one attached hydrogen (secondary N) is 1. The van der Waals surface area contributed by atoms with E-state index in [0.29, 0.717) is 11.3 Å². The van der Waals surface area contributed by atoms with Gasteiger partial charge in [-0.05, 0) is 54.6 Å². The first-order valence-electron chi connectivity index (χ1n) is 6.36. The Balaban J connectivity index is 1.98. The molecule has 2 aromatic carbocycles. The van der Waals surface area contributed by atoms with Gasteiger partial charge in [-0.25, -0.2) is 4.98 Å². The van der Waals surface area contributed by atoms with Crippen LogP contribution >= 0.6 is 11.8 Å². The number of aromatic nitrogens is 2. The number of carbonyl (C=O) groups excluding carboxylic acids is 1. The summed E-state index contributed by atoms with van der Waals surface area (Å²) in [5, 5.41) is 0.726. The standard InChI is InChI=1S/C15H14N4OS/c1-8-2-5-11-12(6-8)19-15(18-11)21-13-7-9(14(17)20)3-4-10(13)16/h2-7H,16H2,1H3,(H2,17,20)(H,18,19). The number of anilines is 1. The molecule has 5 nitrogen and oxygen atoms in total. The van der Waals surface area contributed by atoms with Gasteiger partial charge < -0.3 is 16.5 Å². The quantitative estimate of drug-likeness (QED) is 0.647. The van der Waals surface area contributed by atoms with Crippen molar-refractivity contribution < 1.29 is 4.79 Å². The SMILES string of the molecule is Cc1ccc2nc(Sc3cc(C(N)=O)ccc3N)[nH]c2c1. The molecule has 3 rings (SSSR count). The Labute approximate surface area is 125 Å². The fourth-order valence-corrected chi connectivity index (χ4v) is 2.91. The van der Waals surface area contributed by atoms with Crippen LogP contribution in [0.2, 0.25) is 0 Å². The molecule has 5 N–H and O–H groups in total. The minimum absolute atomic E-state index is 0.429. The Morgan fingerprint density at radius 2 is 2.05 bits per heavy atom. The largest absolute Gasteiger partial charge is 0.398 e. The first-order chi connectivity index (χ1) is 10.0. The molecule has 0 radical (unpaired) electrons. The predicted octanol–water partition coefficient (Wildman–Crippen LogP) is 2.70. The fourth-order valence-electron chi connectivity index (χ4n) is 2.03. The highest BCUT2D eigenvalue weighted by molar-refractivity contribution is 7.99. The van der Waals surface area contributed by atoms with Crippen LogP contribution in [0.4, 0.5) is 5.69 Å². The van der Waals surface area contributed by atoms with E-state index in [1.807, 2.05) is 25.1 Å². The van der Waals surface area contributed by atoms with Gasteiger partial charge in [0.25, 0.3) is 0 Å². The lowest BCUT2D eigenvalue weighted by Crippen LogP contribution is -2.11. The molecule has 3 aromatic rings. The van der Waals surface area contributed by atoms with Crippen LogP contribution in [0.25, 0.3) is 11.0 Å². The van der Waals surface area contributed by atoms with Gasteiger partial charge in [0.1, 0.15) is 0 Å². The van der Waals surface area contributed by atoms with Gasteiger partial charge >= 0.3 is 0 Å². The summed E-state index contributed by atoms with van der Waals surface area (Å²) >= 11 is 1.38. The summed E-state index contributed by atoms with van der Waals surface area (Å²) in [6.07, 6.45) is 0. The monoisotopic (exact) mass is 298 g/mol. The van der Waals surface area contributed by atoms with E-state index in [1.54, 1.807) is 18.2 Å². The van der Waals surface area contributed by atoms with Crippen molar-refractivity contribution in [3.8, 4) is 0 Å². The third kappa shape index (κ3) is 2.71. The zero-order valence-corrected chi connectivity index (χ0v) is 12.2. The Bertz CT molecular complexity index is 841. The molecular formula is C15H14N4OS. The van der Waals surface area contributed by atoms with Crippen LogP contribution in [0.3, 0.4) is 0 Å². The van der Waals surface area contributed by atoms with E-state index in [0.717, 1.165) is 26.6 Å². The molecule has 21 heavy (non-hydrogen) atoms. The van der Waals surface area contributed by atoms with Crippen molar-refractivity contribution in [2.45, 2.75) is 17.0 Å². The van der Waals surface area contributed by atoms with Crippen LogP contribution in [-0.4, -0.2) is 15.9 Å². The second kappa shape index (κ2) is 5.14. The smallest absolute Gasteiger partial charge is 0.248 e. The molecule has 1 amide bonds. The van der Waals surface area contributed by atoms with Gasteiger partial charge in [0.05, 0.1) is 11.0 Å². The number of rotatable bonds is 3. The number of aryl methyl sites for hydroxylation is 1. The summed E-state index contributed by atoms with van der Waals surface area (Å²) in [5.41, 5.74) is 15.3. The molecule has 0 aliphatic carbocycles. The van der Waals surface area contributed by atoms with Crippen LogP contribution in [-0.2, 0) is 0 Å². The van der Waals surface area contributed by atoms with Crippen molar-refractivity contribution in [3.05, 3.63) is 47.5 Å². The predicted molar refractivity (Wildman–Crippen MR) is 84.3 cm³/mol. The minimum Gasteiger partial charge on any atom is -0.398 e. The zero-order chi connectivity index (χ0) is 15.0. The van der Waals surface area contributed by atoms with Crippen molar-refractivity contribution in [2.24, 2.45) is 5.73 Å². The van der Waals surface area contributed by atoms with Gasteiger partial charge in [-0.15, -0.1) is 0 Å². The second-order valence-corrected chi connectivity index (χ2v) is 5.81. The van der Waals surface area contributed by atoms with Gasteiger partial charge in [0.2, 0.25) is 5.91 Å². The van der Waals surface area contributed by atoms with Crippen molar-refractivity contribution in [1.29, 1.82) is 0 Å². The van der Waals surface area contributed by atoms with E-state index in [2.05, 4.69) is 9.97 Å². The van der Waals surface area contributed by atoms with E-state index >= 15 is 0 Å². The highest BCUT2D eigenvalue weighted by atomic mass is 32.2. The molecular weight excluding hydrogens is 284 g/mol. The number of benzene rings is 2. The van der Waals surface area contributed by atoms with Crippen molar-refractivity contribution in [1.82, 2.24) is 9.97 Å². The second-order valence-electron chi connectivity index (χ2n) is 4.78. The van der Waals surface area contributed by atoms with E-state index < -0.39 is 5.91 Å². The van der Waals surface area contributed by atoms with Gasteiger partial charge in [-0.3, -0.25) is 4.79 Å². The lowest BCUT2D eigenvalue weighted by atomic mass is 10.2. The highest BCUT2D eigenvalue weighted by Gasteiger charge is 2.10. The van der Waals surface area contributed by atoms with Gasteiger partial charge in [0, 0.05) is 16.1 Å². The Morgan fingerprint density at radius 3 is 2.81 bits per heavy atom. The number of hydrogen-bond donors (Lipinski definition) is 3. The van der Waals surface area contributed by atoms with Crippen LogP contribution in [0.1, 0.15) is 15.9 Å². The summed E-state index contributed by atoms with van der Waals surface area (Å²) in [6.45, 7) is 2.03. The van der Waals surface area contributed by atoms with Crippen LogP contribution in [0, 0.1) is 6.92 Å². The molecule has 0 aliphatic heterocycles. The van der Waals surface area contributed by atoms with Crippen molar-refractivity contribution in [3.63, 3.8) is 0 Å². The van der Waals surface area contributed by atoms with Gasteiger partial charge in [-0.1, -0.05) is 6.07 Å². The third-order valence-corrected chi connectivity index (χ3v) is 4.08. The fraction of sp³-hybridized carbons (Fsp3) is 0.0667. The molecule has 1 aromatic heterocycles. The number of imidazole rings is 1.